The summed E-state index contributed by atoms with van der Waals surface area (Å²) in [7, 11) is 2.16. The predicted octanol–water partition coefficient (Wildman–Crippen LogP) is 2.48. The summed E-state index contributed by atoms with van der Waals surface area (Å²) in [5, 5.41) is 14.5. The van der Waals surface area contributed by atoms with E-state index in [0.717, 1.165) is 30.6 Å². The zero-order valence-electron chi connectivity index (χ0n) is 12.3. The Kier molecular flexibility index (Phi) is 5.09. The van der Waals surface area contributed by atoms with Gasteiger partial charge in [-0.15, -0.1) is 0 Å². The van der Waals surface area contributed by atoms with E-state index in [0.29, 0.717) is 12.6 Å². The molecule has 2 rings (SSSR count). The monoisotopic (exact) mass is 277 g/mol. The summed E-state index contributed by atoms with van der Waals surface area (Å²) >= 11 is 0. The highest BCUT2D eigenvalue weighted by atomic mass is 16.6. The second-order valence-corrected chi connectivity index (χ2v) is 5.63. The molecule has 1 aliphatic heterocycles. The lowest BCUT2D eigenvalue weighted by atomic mass is 10.1. The first-order valence-electron chi connectivity index (χ1n) is 7.22. The molecule has 0 aromatic heterocycles. The third-order valence-electron chi connectivity index (χ3n) is 4.15. The van der Waals surface area contributed by atoms with Crippen LogP contribution >= 0.6 is 0 Å². The van der Waals surface area contributed by atoms with E-state index in [9.17, 15) is 10.1 Å². The van der Waals surface area contributed by atoms with Crippen molar-refractivity contribution in [1.82, 2.24) is 10.2 Å². The molecular weight excluding hydrogens is 254 g/mol. The van der Waals surface area contributed by atoms with Crippen LogP contribution in [0.5, 0.6) is 0 Å². The summed E-state index contributed by atoms with van der Waals surface area (Å²) in [4.78, 5) is 13.0. The van der Waals surface area contributed by atoms with Crippen molar-refractivity contribution in [3.8, 4) is 0 Å². The number of hydrogen-bond acceptors (Lipinski definition) is 4. The number of nitrogens with one attached hydrogen (secondary N) is 1. The van der Waals surface area contributed by atoms with E-state index in [1.54, 1.807) is 12.1 Å². The standard InChI is InChI=1S/C15H23N3O2/c1-12-13(5-3-7-15(12)18(19)20)11-16-14-6-4-9-17(2)10-8-14/h3,5,7,14,16H,4,6,8-11H2,1-2H3. The van der Waals surface area contributed by atoms with E-state index in [1.165, 1.54) is 12.8 Å². The number of nitro benzene ring substituents is 1. The van der Waals surface area contributed by atoms with Gasteiger partial charge >= 0.3 is 0 Å². The van der Waals surface area contributed by atoms with Crippen molar-refractivity contribution in [2.45, 2.75) is 38.8 Å². The van der Waals surface area contributed by atoms with Crippen LogP contribution in [0.25, 0.3) is 0 Å². The van der Waals surface area contributed by atoms with Crippen molar-refractivity contribution in [2.75, 3.05) is 20.1 Å². The number of rotatable bonds is 4. The second-order valence-electron chi connectivity index (χ2n) is 5.63. The van der Waals surface area contributed by atoms with Gasteiger partial charge in [0.05, 0.1) is 4.92 Å². The highest BCUT2D eigenvalue weighted by Gasteiger charge is 2.16. The van der Waals surface area contributed by atoms with Gasteiger partial charge < -0.3 is 10.2 Å². The molecule has 1 aromatic carbocycles. The molecule has 20 heavy (non-hydrogen) atoms. The van der Waals surface area contributed by atoms with E-state index >= 15 is 0 Å². The van der Waals surface area contributed by atoms with Crippen LogP contribution in [0.1, 0.15) is 30.4 Å². The molecule has 1 aliphatic rings. The van der Waals surface area contributed by atoms with Crippen molar-refractivity contribution in [1.29, 1.82) is 0 Å². The summed E-state index contributed by atoms with van der Waals surface area (Å²) in [6, 6.07) is 5.82. The van der Waals surface area contributed by atoms with Gasteiger partial charge in [0.2, 0.25) is 0 Å². The lowest BCUT2D eigenvalue weighted by Crippen LogP contribution is -2.30. The molecule has 110 valence electrons. The molecule has 0 saturated carbocycles. The Bertz CT molecular complexity index is 476. The number of likely N-dealkylation sites (tertiary alicyclic amines) is 1. The predicted molar refractivity (Wildman–Crippen MR) is 79.8 cm³/mol. The smallest absolute Gasteiger partial charge is 0.272 e. The largest absolute Gasteiger partial charge is 0.310 e. The summed E-state index contributed by atoms with van der Waals surface area (Å²) in [6.45, 7) is 4.82. The van der Waals surface area contributed by atoms with Gasteiger partial charge in [-0.05, 0) is 51.9 Å². The number of benzene rings is 1. The zero-order valence-corrected chi connectivity index (χ0v) is 12.3. The minimum atomic E-state index is -0.306. The highest BCUT2D eigenvalue weighted by molar-refractivity contribution is 5.44. The SMILES string of the molecule is Cc1c(CNC2CCCN(C)CC2)cccc1[N+](=O)[O-]. The van der Waals surface area contributed by atoms with Crippen LogP contribution < -0.4 is 5.32 Å². The third-order valence-corrected chi connectivity index (χ3v) is 4.15. The average molecular weight is 277 g/mol. The van der Waals surface area contributed by atoms with Gasteiger partial charge in [-0.3, -0.25) is 10.1 Å². The topological polar surface area (TPSA) is 58.4 Å². The fourth-order valence-corrected chi connectivity index (χ4v) is 2.76. The van der Waals surface area contributed by atoms with E-state index < -0.39 is 0 Å². The Balaban J connectivity index is 1.97. The Morgan fingerprint density at radius 1 is 1.40 bits per heavy atom. The molecule has 0 radical (unpaired) electrons. The van der Waals surface area contributed by atoms with Gasteiger partial charge in [-0.1, -0.05) is 12.1 Å². The molecule has 1 atom stereocenters. The van der Waals surface area contributed by atoms with Crippen molar-refractivity contribution >= 4 is 5.69 Å². The van der Waals surface area contributed by atoms with Gasteiger partial charge in [-0.25, -0.2) is 0 Å². The quantitative estimate of drug-likeness (QED) is 0.678. The molecular formula is C15H23N3O2. The zero-order chi connectivity index (χ0) is 14.5. The summed E-state index contributed by atoms with van der Waals surface area (Å²) < 4.78 is 0. The fraction of sp³-hybridized carbons (Fsp3) is 0.600. The van der Waals surface area contributed by atoms with Crippen LogP contribution in [-0.2, 0) is 6.54 Å². The van der Waals surface area contributed by atoms with Gasteiger partial charge in [0.15, 0.2) is 0 Å². The van der Waals surface area contributed by atoms with Crippen LogP contribution in [0.3, 0.4) is 0 Å². The van der Waals surface area contributed by atoms with Crippen LogP contribution in [0.4, 0.5) is 5.69 Å². The number of nitrogens with zero attached hydrogens (tertiary/aromatic N) is 2. The lowest BCUT2D eigenvalue weighted by Gasteiger charge is -2.17. The summed E-state index contributed by atoms with van der Waals surface area (Å²) in [5.74, 6) is 0. The lowest BCUT2D eigenvalue weighted by molar-refractivity contribution is -0.385. The maximum absolute atomic E-state index is 10.9. The van der Waals surface area contributed by atoms with Crippen molar-refractivity contribution in [3.63, 3.8) is 0 Å². The molecule has 1 unspecified atom stereocenters. The molecule has 1 N–H and O–H groups in total. The maximum atomic E-state index is 10.9. The Morgan fingerprint density at radius 2 is 2.20 bits per heavy atom. The molecule has 1 heterocycles. The minimum absolute atomic E-state index is 0.213. The van der Waals surface area contributed by atoms with Crippen molar-refractivity contribution in [3.05, 3.63) is 39.4 Å². The number of hydrogen-bond donors (Lipinski definition) is 1. The Morgan fingerprint density at radius 3 is 2.95 bits per heavy atom. The molecule has 1 aromatic rings. The van der Waals surface area contributed by atoms with Crippen LogP contribution in [0.2, 0.25) is 0 Å². The molecule has 0 bridgehead atoms. The molecule has 0 amide bonds. The van der Waals surface area contributed by atoms with Gasteiger partial charge in [-0.2, -0.15) is 0 Å². The van der Waals surface area contributed by atoms with E-state index in [4.69, 9.17) is 0 Å². The van der Waals surface area contributed by atoms with Crippen molar-refractivity contribution in [2.24, 2.45) is 0 Å². The molecule has 1 saturated heterocycles. The minimum Gasteiger partial charge on any atom is -0.310 e. The first-order valence-corrected chi connectivity index (χ1v) is 7.22. The average Bonchev–Trinajstić information content (AvgIpc) is 2.62. The summed E-state index contributed by atoms with van der Waals surface area (Å²) in [5.41, 5.74) is 2.01. The van der Waals surface area contributed by atoms with Crippen molar-refractivity contribution < 1.29 is 4.92 Å². The summed E-state index contributed by atoms with van der Waals surface area (Å²) in [6.07, 6.45) is 3.53. The first kappa shape index (κ1) is 14.9. The second kappa shape index (κ2) is 6.81. The molecule has 0 spiro atoms. The van der Waals surface area contributed by atoms with Gasteiger partial charge in [0.25, 0.3) is 5.69 Å². The normalized spacial score (nSPS) is 20.6. The molecule has 1 fully saturated rings. The maximum Gasteiger partial charge on any atom is 0.272 e. The molecule has 5 nitrogen and oxygen atoms in total. The first-order chi connectivity index (χ1) is 9.58. The Hall–Kier alpha value is -1.46. The molecule has 5 heteroatoms. The van der Waals surface area contributed by atoms with E-state index in [1.807, 2.05) is 13.0 Å². The van der Waals surface area contributed by atoms with Crippen LogP contribution in [0, 0.1) is 17.0 Å². The van der Waals surface area contributed by atoms with Gasteiger partial charge in [0, 0.05) is 24.2 Å². The fourth-order valence-electron chi connectivity index (χ4n) is 2.76. The van der Waals surface area contributed by atoms with Crippen LogP contribution in [-0.4, -0.2) is 36.0 Å². The molecule has 0 aliphatic carbocycles. The highest BCUT2D eigenvalue weighted by Crippen LogP contribution is 2.21. The van der Waals surface area contributed by atoms with Crippen LogP contribution in [0.15, 0.2) is 18.2 Å². The van der Waals surface area contributed by atoms with E-state index in [2.05, 4.69) is 17.3 Å². The van der Waals surface area contributed by atoms with Gasteiger partial charge in [0.1, 0.15) is 0 Å². The third kappa shape index (κ3) is 3.77. The van der Waals surface area contributed by atoms with E-state index in [-0.39, 0.29) is 10.6 Å². The number of nitro groups is 1. The Labute approximate surface area is 120 Å².